The third-order valence-corrected chi connectivity index (χ3v) is 6.72. The van der Waals surface area contributed by atoms with Gasteiger partial charge in [0.15, 0.2) is 16.9 Å². The molecule has 2 aromatic heterocycles. The second-order valence-corrected chi connectivity index (χ2v) is 9.19. The molecule has 36 heavy (non-hydrogen) atoms. The van der Waals surface area contributed by atoms with Crippen molar-refractivity contribution in [2.45, 2.75) is 51.7 Å². The van der Waals surface area contributed by atoms with Crippen LogP contribution in [0.25, 0.3) is 11.2 Å². The Hall–Kier alpha value is -4.27. The molecule has 2 heterocycles. The van der Waals surface area contributed by atoms with Gasteiger partial charge in [-0.25, -0.2) is 14.3 Å². The Labute approximate surface area is 207 Å². The van der Waals surface area contributed by atoms with E-state index in [9.17, 15) is 19.2 Å². The van der Waals surface area contributed by atoms with Crippen LogP contribution in [0, 0.1) is 0 Å². The molecule has 0 atom stereocenters. The van der Waals surface area contributed by atoms with Crippen molar-refractivity contribution < 1.29 is 9.59 Å². The Kier molecular flexibility index (Phi) is 6.37. The van der Waals surface area contributed by atoms with Gasteiger partial charge in [0.1, 0.15) is 6.54 Å². The number of carbonyl (C=O) groups excluding carboxylic acids is 2. The minimum absolute atomic E-state index is 0.0782. The number of imidazole rings is 1. The topological polar surface area (TPSA) is 108 Å². The van der Waals surface area contributed by atoms with Crippen LogP contribution in [0.1, 0.15) is 54.6 Å². The zero-order valence-electron chi connectivity index (χ0n) is 20.0. The Bertz CT molecular complexity index is 1540. The normalized spacial score (nSPS) is 13.8. The molecule has 0 bridgehead atoms. The lowest BCUT2D eigenvalue weighted by atomic mass is 10.1. The smallest absolute Gasteiger partial charge is 0.325 e. The fourth-order valence-corrected chi connectivity index (χ4v) is 4.85. The quantitative estimate of drug-likeness (QED) is 0.404. The summed E-state index contributed by atoms with van der Waals surface area (Å²) in [5.74, 6) is -0.590. The van der Waals surface area contributed by atoms with Crippen molar-refractivity contribution in [2.75, 3.05) is 5.32 Å². The Morgan fingerprint density at radius 2 is 1.67 bits per heavy atom. The minimum atomic E-state index is -0.588. The molecule has 9 nitrogen and oxygen atoms in total. The maximum atomic E-state index is 13.6. The molecule has 1 fully saturated rings. The first-order valence-electron chi connectivity index (χ1n) is 12.1. The Morgan fingerprint density at radius 1 is 0.972 bits per heavy atom. The second-order valence-electron chi connectivity index (χ2n) is 9.19. The number of nitrogens with zero attached hydrogens (tertiary/aromatic N) is 4. The number of ketones is 1. The van der Waals surface area contributed by atoms with Crippen LogP contribution in [-0.4, -0.2) is 30.4 Å². The van der Waals surface area contributed by atoms with E-state index in [1.54, 1.807) is 30.6 Å². The summed E-state index contributed by atoms with van der Waals surface area (Å²) in [6.07, 6.45) is 5.68. The number of carbonyl (C=O) groups is 2. The van der Waals surface area contributed by atoms with Crippen molar-refractivity contribution in [3.8, 4) is 0 Å². The highest BCUT2D eigenvalue weighted by atomic mass is 16.2. The number of rotatable bonds is 7. The summed E-state index contributed by atoms with van der Waals surface area (Å²) >= 11 is 0. The molecule has 4 aromatic rings. The van der Waals surface area contributed by atoms with E-state index in [0.717, 1.165) is 35.8 Å². The van der Waals surface area contributed by atoms with E-state index in [0.29, 0.717) is 22.4 Å². The van der Waals surface area contributed by atoms with Gasteiger partial charge in [0.25, 0.3) is 5.56 Å². The molecule has 0 spiro atoms. The molecule has 9 heteroatoms. The van der Waals surface area contributed by atoms with Crippen molar-refractivity contribution >= 4 is 28.5 Å². The van der Waals surface area contributed by atoms with Crippen LogP contribution in [0.3, 0.4) is 0 Å². The molecule has 2 aromatic carbocycles. The number of Topliss-reactive ketones (excluding diaryl/α,β-unsaturated/α-hetero) is 1. The van der Waals surface area contributed by atoms with Gasteiger partial charge in [-0.2, -0.15) is 0 Å². The number of amides is 1. The number of hydrogen-bond donors (Lipinski definition) is 1. The average Bonchev–Trinajstić information content (AvgIpc) is 3.56. The van der Waals surface area contributed by atoms with Crippen LogP contribution in [0.15, 0.2) is 70.5 Å². The van der Waals surface area contributed by atoms with Gasteiger partial charge in [-0.1, -0.05) is 43.2 Å². The standard InChI is InChI=1S/C27H27N5O4/c1-18(33)20-11-13-21(14-12-20)29-23(34)16-31-26(35)24-25(28-17-32(24)22-9-5-6-10-22)30(27(31)36)15-19-7-3-2-4-8-19/h2-4,7-8,11-14,17,22H,5-6,9-10,15-16H2,1H3,(H,29,34). The van der Waals surface area contributed by atoms with E-state index in [-0.39, 0.29) is 18.4 Å². The van der Waals surface area contributed by atoms with Crippen LogP contribution in [0.2, 0.25) is 0 Å². The zero-order chi connectivity index (χ0) is 25.2. The predicted molar refractivity (Wildman–Crippen MR) is 136 cm³/mol. The van der Waals surface area contributed by atoms with E-state index in [2.05, 4.69) is 10.3 Å². The van der Waals surface area contributed by atoms with Gasteiger partial charge in [-0.3, -0.25) is 19.0 Å². The maximum absolute atomic E-state index is 13.6. The highest BCUT2D eigenvalue weighted by molar-refractivity contribution is 5.95. The fourth-order valence-electron chi connectivity index (χ4n) is 4.85. The third-order valence-electron chi connectivity index (χ3n) is 6.72. The van der Waals surface area contributed by atoms with Crippen LogP contribution in [0.4, 0.5) is 5.69 Å². The molecule has 5 rings (SSSR count). The fraction of sp³-hybridized carbons (Fsp3) is 0.296. The SMILES string of the molecule is CC(=O)c1ccc(NC(=O)Cn2c(=O)c3c(ncn3C3CCCC3)n(Cc3ccccc3)c2=O)cc1. The molecule has 0 saturated heterocycles. The number of nitrogens with one attached hydrogen (secondary N) is 1. The summed E-state index contributed by atoms with van der Waals surface area (Å²) < 4.78 is 4.32. The minimum Gasteiger partial charge on any atom is -0.325 e. The van der Waals surface area contributed by atoms with Gasteiger partial charge in [-0.15, -0.1) is 0 Å². The van der Waals surface area contributed by atoms with Gasteiger partial charge in [0.2, 0.25) is 5.91 Å². The largest absolute Gasteiger partial charge is 0.333 e. The molecule has 184 valence electrons. The van der Waals surface area contributed by atoms with Crippen LogP contribution in [-0.2, 0) is 17.9 Å². The maximum Gasteiger partial charge on any atom is 0.333 e. The van der Waals surface area contributed by atoms with Gasteiger partial charge in [0.05, 0.1) is 12.9 Å². The second kappa shape index (κ2) is 9.77. The summed E-state index contributed by atoms with van der Waals surface area (Å²) in [7, 11) is 0. The first-order valence-corrected chi connectivity index (χ1v) is 12.1. The lowest BCUT2D eigenvalue weighted by Crippen LogP contribution is -2.43. The molecule has 0 aliphatic heterocycles. The summed E-state index contributed by atoms with van der Waals surface area (Å²) in [6, 6.07) is 16.1. The Morgan fingerprint density at radius 3 is 2.33 bits per heavy atom. The van der Waals surface area contributed by atoms with Crippen molar-refractivity contribution in [1.82, 2.24) is 18.7 Å². The zero-order valence-corrected chi connectivity index (χ0v) is 20.0. The molecule has 1 aliphatic rings. The van der Waals surface area contributed by atoms with Gasteiger partial charge >= 0.3 is 5.69 Å². The number of fused-ring (bicyclic) bond motifs is 1. The van der Waals surface area contributed by atoms with Gasteiger partial charge < -0.3 is 9.88 Å². The van der Waals surface area contributed by atoms with Crippen molar-refractivity contribution in [3.05, 3.63) is 92.9 Å². The number of anilines is 1. The summed E-state index contributed by atoms with van der Waals surface area (Å²) in [4.78, 5) is 55.9. The molecule has 1 N–H and O–H groups in total. The number of hydrogen-bond acceptors (Lipinski definition) is 5. The molecular weight excluding hydrogens is 458 g/mol. The molecule has 1 amide bonds. The van der Waals surface area contributed by atoms with Crippen molar-refractivity contribution in [3.63, 3.8) is 0 Å². The number of benzene rings is 2. The van der Waals surface area contributed by atoms with Gasteiger partial charge in [0, 0.05) is 17.3 Å². The predicted octanol–water partition coefficient (Wildman–Crippen LogP) is 3.36. The van der Waals surface area contributed by atoms with E-state index in [4.69, 9.17) is 0 Å². The number of aromatic nitrogens is 4. The first-order chi connectivity index (χ1) is 17.4. The average molecular weight is 486 g/mol. The van der Waals surface area contributed by atoms with Gasteiger partial charge in [-0.05, 0) is 49.6 Å². The van der Waals surface area contributed by atoms with E-state index in [1.165, 1.54) is 11.5 Å². The van der Waals surface area contributed by atoms with Crippen LogP contribution >= 0.6 is 0 Å². The van der Waals surface area contributed by atoms with Crippen LogP contribution < -0.4 is 16.6 Å². The molecule has 0 radical (unpaired) electrons. The molecular formula is C27H27N5O4. The molecule has 1 saturated carbocycles. The third kappa shape index (κ3) is 4.51. The van der Waals surface area contributed by atoms with E-state index in [1.807, 2.05) is 34.9 Å². The monoisotopic (exact) mass is 485 g/mol. The highest BCUT2D eigenvalue weighted by Gasteiger charge is 2.25. The van der Waals surface area contributed by atoms with Crippen LogP contribution in [0.5, 0.6) is 0 Å². The lowest BCUT2D eigenvalue weighted by molar-refractivity contribution is -0.116. The van der Waals surface area contributed by atoms with Crippen molar-refractivity contribution in [1.29, 1.82) is 0 Å². The summed E-state index contributed by atoms with van der Waals surface area (Å²) in [5.41, 5.74) is 1.45. The molecule has 0 unspecified atom stereocenters. The first kappa shape index (κ1) is 23.5. The van der Waals surface area contributed by atoms with E-state index >= 15 is 0 Å². The van der Waals surface area contributed by atoms with Crippen molar-refractivity contribution in [2.24, 2.45) is 0 Å². The Balaban J connectivity index is 1.54. The summed E-state index contributed by atoms with van der Waals surface area (Å²) in [5, 5.41) is 2.71. The summed E-state index contributed by atoms with van der Waals surface area (Å²) in [6.45, 7) is 1.26. The van der Waals surface area contributed by atoms with E-state index < -0.39 is 23.7 Å². The highest BCUT2D eigenvalue weighted by Crippen LogP contribution is 2.31. The lowest BCUT2D eigenvalue weighted by Gasteiger charge is -2.15. The molecule has 1 aliphatic carbocycles.